The molecule has 0 bridgehead atoms. The van der Waals surface area contributed by atoms with Crippen molar-refractivity contribution < 1.29 is 19.3 Å². The Labute approximate surface area is 96.1 Å². The molecule has 1 amide bonds. The van der Waals surface area contributed by atoms with Gasteiger partial charge in [0.1, 0.15) is 5.54 Å². The van der Waals surface area contributed by atoms with E-state index in [4.69, 9.17) is 5.73 Å². The van der Waals surface area contributed by atoms with Crippen molar-refractivity contribution in [2.45, 2.75) is 31.2 Å². The van der Waals surface area contributed by atoms with Gasteiger partial charge in [-0.05, 0) is 23.2 Å². The monoisotopic (exact) mass is 240 g/mol. The van der Waals surface area contributed by atoms with Crippen LogP contribution in [0.2, 0.25) is 0 Å². The molecule has 8 heteroatoms. The van der Waals surface area contributed by atoms with E-state index in [2.05, 4.69) is 20.3 Å². The van der Waals surface area contributed by atoms with E-state index in [0.29, 0.717) is 12.8 Å². The zero-order valence-corrected chi connectivity index (χ0v) is 8.97. The van der Waals surface area contributed by atoms with E-state index in [1.54, 1.807) is 0 Å². The van der Waals surface area contributed by atoms with Crippen molar-refractivity contribution in [2.75, 3.05) is 5.73 Å². The highest BCUT2D eigenvalue weighted by Gasteiger charge is 2.43. The summed E-state index contributed by atoms with van der Waals surface area (Å²) >= 11 is 0. The molecule has 2 rings (SSSR count). The molecule has 0 aliphatic heterocycles. The van der Waals surface area contributed by atoms with Crippen molar-refractivity contribution in [3.63, 3.8) is 0 Å². The highest BCUT2D eigenvalue weighted by Crippen LogP contribution is 2.30. The summed E-state index contributed by atoms with van der Waals surface area (Å²) in [7, 11) is 0. The molecule has 17 heavy (non-hydrogen) atoms. The van der Waals surface area contributed by atoms with Gasteiger partial charge >= 0.3 is 5.97 Å². The van der Waals surface area contributed by atoms with Gasteiger partial charge < -0.3 is 16.2 Å². The van der Waals surface area contributed by atoms with Crippen molar-refractivity contribution in [1.82, 2.24) is 15.6 Å². The SMILES string of the molecule is Nc1nonc1C(=O)NC1(C(=O)O)CCCC1. The van der Waals surface area contributed by atoms with E-state index in [0.717, 1.165) is 12.8 Å². The van der Waals surface area contributed by atoms with Crippen LogP contribution in [0.3, 0.4) is 0 Å². The van der Waals surface area contributed by atoms with E-state index in [9.17, 15) is 14.7 Å². The number of carboxylic acids is 1. The first-order valence-corrected chi connectivity index (χ1v) is 5.19. The Morgan fingerprint density at radius 2 is 2.00 bits per heavy atom. The smallest absolute Gasteiger partial charge is 0.329 e. The van der Waals surface area contributed by atoms with E-state index in [1.807, 2.05) is 0 Å². The minimum Gasteiger partial charge on any atom is -0.480 e. The predicted molar refractivity (Wildman–Crippen MR) is 55.0 cm³/mol. The molecule has 8 nitrogen and oxygen atoms in total. The van der Waals surface area contributed by atoms with Gasteiger partial charge in [-0.15, -0.1) is 0 Å². The molecule has 0 atom stereocenters. The molecule has 0 saturated heterocycles. The molecular formula is C9H12N4O4. The Balaban J connectivity index is 2.17. The number of carbonyl (C=O) groups excluding carboxylic acids is 1. The second-order valence-corrected chi connectivity index (χ2v) is 4.05. The van der Waals surface area contributed by atoms with Crippen LogP contribution in [0.25, 0.3) is 0 Å². The van der Waals surface area contributed by atoms with Gasteiger partial charge in [0.15, 0.2) is 0 Å². The Bertz CT molecular complexity index is 450. The van der Waals surface area contributed by atoms with E-state index in [1.165, 1.54) is 0 Å². The Morgan fingerprint density at radius 3 is 2.47 bits per heavy atom. The lowest BCUT2D eigenvalue weighted by Crippen LogP contribution is -2.52. The van der Waals surface area contributed by atoms with Gasteiger partial charge in [0.25, 0.3) is 5.91 Å². The van der Waals surface area contributed by atoms with Crippen LogP contribution in [-0.2, 0) is 4.79 Å². The molecule has 0 spiro atoms. The second kappa shape index (κ2) is 4.04. The third kappa shape index (κ3) is 1.93. The summed E-state index contributed by atoms with van der Waals surface area (Å²) in [5, 5.41) is 18.2. The Kier molecular flexibility index (Phi) is 2.70. The number of aromatic nitrogens is 2. The van der Waals surface area contributed by atoms with Crippen LogP contribution in [0.1, 0.15) is 36.2 Å². The normalized spacial score (nSPS) is 17.9. The Hall–Kier alpha value is -2.12. The maximum Gasteiger partial charge on any atom is 0.329 e. The maximum absolute atomic E-state index is 11.8. The molecule has 1 fully saturated rings. The first-order valence-electron chi connectivity index (χ1n) is 5.19. The number of nitrogens with two attached hydrogens (primary N) is 1. The molecule has 1 aromatic heterocycles. The van der Waals surface area contributed by atoms with Crippen LogP contribution in [0.15, 0.2) is 4.63 Å². The molecule has 1 aliphatic rings. The molecule has 0 unspecified atom stereocenters. The summed E-state index contributed by atoms with van der Waals surface area (Å²) in [5.41, 5.74) is 3.96. The minimum atomic E-state index is -1.22. The number of aliphatic carboxylic acids is 1. The maximum atomic E-state index is 11.8. The summed E-state index contributed by atoms with van der Waals surface area (Å²) in [4.78, 5) is 23.0. The zero-order valence-electron chi connectivity index (χ0n) is 8.97. The largest absolute Gasteiger partial charge is 0.480 e. The van der Waals surface area contributed by atoms with Gasteiger partial charge in [0.2, 0.25) is 11.5 Å². The summed E-state index contributed by atoms with van der Waals surface area (Å²) in [6, 6.07) is 0. The van der Waals surface area contributed by atoms with Crippen LogP contribution >= 0.6 is 0 Å². The topological polar surface area (TPSA) is 131 Å². The molecule has 1 aliphatic carbocycles. The quantitative estimate of drug-likeness (QED) is 0.665. The van der Waals surface area contributed by atoms with Gasteiger partial charge in [-0.1, -0.05) is 12.8 Å². The van der Waals surface area contributed by atoms with E-state index < -0.39 is 17.4 Å². The van der Waals surface area contributed by atoms with Crippen LogP contribution in [-0.4, -0.2) is 32.8 Å². The van der Waals surface area contributed by atoms with Crippen LogP contribution in [0.5, 0.6) is 0 Å². The fourth-order valence-corrected chi connectivity index (χ4v) is 2.00. The van der Waals surface area contributed by atoms with E-state index >= 15 is 0 Å². The average molecular weight is 240 g/mol. The number of nitrogens with one attached hydrogen (secondary N) is 1. The number of carbonyl (C=O) groups is 2. The van der Waals surface area contributed by atoms with Crippen molar-refractivity contribution in [1.29, 1.82) is 0 Å². The second-order valence-electron chi connectivity index (χ2n) is 4.05. The number of rotatable bonds is 3. The lowest BCUT2D eigenvalue weighted by Gasteiger charge is -2.24. The molecule has 1 heterocycles. The molecule has 1 saturated carbocycles. The van der Waals surface area contributed by atoms with Gasteiger partial charge in [-0.3, -0.25) is 4.79 Å². The number of anilines is 1. The number of hydrogen-bond acceptors (Lipinski definition) is 6. The first-order chi connectivity index (χ1) is 8.05. The van der Waals surface area contributed by atoms with Crippen molar-refractivity contribution >= 4 is 17.7 Å². The fourth-order valence-electron chi connectivity index (χ4n) is 2.00. The summed E-state index contributed by atoms with van der Waals surface area (Å²) in [6.45, 7) is 0. The third-order valence-corrected chi connectivity index (χ3v) is 2.95. The number of carboxylic acid groups (broad SMARTS) is 1. The van der Waals surface area contributed by atoms with Crippen molar-refractivity contribution in [3.05, 3.63) is 5.69 Å². The zero-order chi connectivity index (χ0) is 12.5. The third-order valence-electron chi connectivity index (χ3n) is 2.95. The van der Waals surface area contributed by atoms with Gasteiger partial charge in [-0.2, -0.15) is 0 Å². The molecular weight excluding hydrogens is 228 g/mol. The van der Waals surface area contributed by atoms with Crippen LogP contribution in [0, 0.1) is 0 Å². The number of hydrogen-bond donors (Lipinski definition) is 3. The Morgan fingerprint density at radius 1 is 1.35 bits per heavy atom. The summed E-state index contributed by atoms with van der Waals surface area (Å²) in [6.07, 6.45) is 2.33. The minimum absolute atomic E-state index is 0.152. The number of nitrogen functional groups attached to an aromatic ring is 1. The number of nitrogens with zero attached hydrogens (tertiary/aromatic N) is 2. The van der Waals surface area contributed by atoms with Gasteiger partial charge in [-0.25, -0.2) is 9.42 Å². The van der Waals surface area contributed by atoms with Gasteiger partial charge in [0, 0.05) is 0 Å². The van der Waals surface area contributed by atoms with Crippen LogP contribution < -0.4 is 11.1 Å². The summed E-state index contributed by atoms with van der Waals surface area (Å²) in [5.74, 6) is -1.87. The molecule has 92 valence electrons. The summed E-state index contributed by atoms with van der Waals surface area (Å²) < 4.78 is 4.29. The lowest BCUT2D eigenvalue weighted by molar-refractivity contribution is -0.144. The lowest BCUT2D eigenvalue weighted by atomic mass is 9.97. The fraction of sp³-hybridized carbons (Fsp3) is 0.556. The van der Waals surface area contributed by atoms with Gasteiger partial charge in [0.05, 0.1) is 0 Å². The number of amides is 1. The molecule has 1 aromatic rings. The molecule has 0 radical (unpaired) electrons. The van der Waals surface area contributed by atoms with Crippen LogP contribution in [0.4, 0.5) is 5.82 Å². The highest BCUT2D eigenvalue weighted by molar-refractivity contribution is 5.99. The predicted octanol–water partition coefficient (Wildman–Crippen LogP) is -0.221. The first kappa shape index (κ1) is 11.4. The molecule has 0 aromatic carbocycles. The highest BCUT2D eigenvalue weighted by atomic mass is 16.6. The van der Waals surface area contributed by atoms with Crippen molar-refractivity contribution in [3.8, 4) is 0 Å². The van der Waals surface area contributed by atoms with E-state index in [-0.39, 0.29) is 11.5 Å². The van der Waals surface area contributed by atoms with Crippen molar-refractivity contribution in [2.24, 2.45) is 0 Å². The standard InChI is InChI=1S/C9H12N4O4/c10-6-5(12-17-13-6)7(14)11-9(8(15)16)3-1-2-4-9/h1-4H2,(H2,10,13)(H,11,14)(H,15,16). The molecule has 4 N–H and O–H groups in total. The average Bonchev–Trinajstić information content (AvgIpc) is 2.87.